The molecule has 2 aliphatic heterocycles. The van der Waals surface area contributed by atoms with Crippen LogP contribution in [0.4, 0.5) is 0 Å². The van der Waals surface area contributed by atoms with Crippen molar-refractivity contribution >= 4 is 5.91 Å². The van der Waals surface area contributed by atoms with Crippen LogP contribution >= 0.6 is 0 Å². The second kappa shape index (κ2) is 7.01. The highest BCUT2D eigenvalue weighted by Crippen LogP contribution is 2.38. The van der Waals surface area contributed by atoms with Crippen LogP contribution in [0.5, 0.6) is 11.5 Å². The van der Waals surface area contributed by atoms with E-state index in [9.17, 15) is 4.79 Å². The molecule has 0 saturated carbocycles. The van der Waals surface area contributed by atoms with Gasteiger partial charge in [-0.05, 0) is 58.3 Å². The van der Waals surface area contributed by atoms with Gasteiger partial charge in [-0.2, -0.15) is 0 Å². The molecule has 5 heteroatoms. The zero-order valence-corrected chi connectivity index (χ0v) is 15.0. The van der Waals surface area contributed by atoms with Gasteiger partial charge in [0.15, 0.2) is 18.1 Å². The molecule has 2 aliphatic rings. The Morgan fingerprint density at radius 2 is 2.00 bits per heavy atom. The number of fused-ring (bicyclic) bond motifs is 1. The van der Waals surface area contributed by atoms with Gasteiger partial charge in [0, 0.05) is 12.6 Å². The lowest BCUT2D eigenvalue weighted by Gasteiger charge is -2.55. The van der Waals surface area contributed by atoms with Gasteiger partial charge < -0.3 is 19.3 Å². The molecular formula is C19H28N2O3. The molecule has 132 valence electrons. The second-order valence-electron chi connectivity index (χ2n) is 7.08. The Kier molecular flexibility index (Phi) is 4.99. The van der Waals surface area contributed by atoms with E-state index in [4.69, 9.17) is 9.47 Å². The average Bonchev–Trinajstić information content (AvgIpc) is 2.59. The van der Waals surface area contributed by atoms with Crippen molar-refractivity contribution < 1.29 is 14.3 Å². The third-order valence-electron chi connectivity index (χ3n) is 5.64. The number of ether oxygens (including phenoxy) is 2. The molecule has 0 unspecified atom stereocenters. The fourth-order valence-electron chi connectivity index (χ4n) is 4.39. The lowest BCUT2D eigenvalue weighted by Crippen LogP contribution is -2.67. The molecule has 24 heavy (non-hydrogen) atoms. The summed E-state index contributed by atoms with van der Waals surface area (Å²) in [5.41, 5.74) is -0.0769. The predicted octanol–water partition coefficient (Wildman–Crippen LogP) is 2.55. The second-order valence-corrected chi connectivity index (χ2v) is 7.08. The molecule has 2 fully saturated rings. The fraction of sp³-hybridized carbons (Fsp3) is 0.632. The smallest absolute Gasteiger partial charge is 0.261 e. The summed E-state index contributed by atoms with van der Waals surface area (Å²) in [6, 6.07) is 7.91. The Bertz CT molecular complexity index is 592. The minimum atomic E-state index is -0.0769. The molecule has 1 aromatic rings. The van der Waals surface area contributed by atoms with E-state index >= 15 is 0 Å². The highest BCUT2D eigenvalue weighted by molar-refractivity contribution is 5.79. The molecule has 0 N–H and O–H groups in total. The third-order valence-corrected chi connectivity index (χ3v) is 5.64. The Labute approximate surface area is 144 Å². The van der Waals surface area contributed by atoms with Crippen LogP contribution < -0.4 is 9.47 Å². The summed E-state index contributed by atoms with van der Waals surface area (Å²) >= 11 is 0. The van der Waals surface area contributed by atoms with Crippen molar-refractivity contribution in [3.63, 3.8) is 0 Å². The van der Waals surface area contributed by atoms with Gasteiger partial charge in [0.2, 0.25) is 0 Å². The van der Waals surface area contributed by atoms with Crippen molar-refractivity contribution in [3.8, 4) is 11.5 Å². The van der Waals surface area contributed by atoms with Crippen LogP contribution in [0.1, 0.15) is 32.6 Å². The number of nitrogens with zero attached hydrogens (tertiary/aromatic N) is 2. The van der Waals surface area contributed by atoms with Crippen LogP contribution in [0.25, 0.3) is 0 Å². The highest BCUT2D eigenvalue weighted by atomic mass is 16.5. The molecule has 0 aliphatic carbocycles. The summed E-state index contributed by atoms with van der Waals surface area (Å²) in [7, 11) is 3.79. The third kappa shape index (κ3) is 3.09. The number of carbonyl (C=O) groups excluding carboxylic acids is 1. The zero-order chi connectivity index (χ0) is 17.2. The van der Waals surface area contributed by atoms with Crippen molar-refractivity contribution in [1.29, 1.82) is 0 Å². The van der Waals surface area contributed by atoms with Gasteiger partial charge in [0.1, 0.15) is 0 Å². The van der Waals surface area contributed by atoms with E-state index in [1.54, 1.807) is 7.11 Å². The van der Waals surface area contributed by atoms with Crippen molar-refractivity contribution in [2.24, 2.45) is 0 Å². The fourth-order valence-corrected chi connectivity index (χ4v) is 4.39. The summed E-state index contributed by atoms with van der Waals surface area (Å²) in [6.45, 7) is 4.26. The monoisotopic (exact) mass is 332 g/mol. The summed E-state index contributed by atoms with van der Waals surface area (Å²) in [4.78, 5) is 17.4. The number of carbonyl (C=O) groups is 1. The SMILES string of the molecule is COc1ccccc1OCC(=O)N1CCC[C@@H]2N(C)CCC[C@@]21C. The molecule has 2 saturated heterocycles. The first kappa shape index (κ1) is 17.1. The summed E-state index contributed by atoms with van der Waals surface area (Å²) < 4.78 is 11.1. The largest absolute Gasteiger partial charge is 0.493 e. The maximum absolute atomic E-state index is 12.9. The van der Waals surface area contributed by atoms with Crippen LogP contribution in [0, 0.1) is 0 Å². The topological polar surface area (TPSA) is 42.0 Å². The number of hydrogen-bond donors (Lipinski definition) is 0. The van der Waals surface area contributed by atoms with Crippen molar-refractivity contribution in [3.05, 3.63) is 24.3 Å². The molecule has 1 aromatic carbocycles. The van der Waals surface area contributed by atoms with E-state index in [1.165, 1.54) is 6.42 Å². The van der Waals surface area contributed by atoms with Crippen LogP contribution in [-0.2, 0) is 4.79 Å². The van der Waals surface area contributed by atoms with Crippen LogP contribution in [0.15, 0.2) is 24.3 Å². The van der Waals surface area contributed by atoms with Crippen LogP contribution in [-0.4, -0.2) is 61.1 Å². The zero-order valence-electron chi connectivity index (χ0n) is 15.0. The van der Waals surface area contributed by atoms with Gasteiger partial charge in [-0.3, -0.25) is 4.79 Å². The van der Waals surface area contributed by atoms with E-state index in [0.29, 0.717) is 17.5 Å². The molecule has 0 spiro atoms. The Hall–Kier alpha value is -1.75. The molecule has 1 amide bonds. The lowest BCUT2D eigenvalue weighted by atomic mass is 9.76. The maximum Gasteiger partial charge on any atom is 0.261 e. The van der Waals surface area contributed by atoms with E-state index in [2.05, 4.69) is 23.8 Å². The Morgan fingerprint density at radius 3 is 2.75 bits per heavy atom. The van der Waals surface area contributed by atoms with Gasteiger partial charge in [-0.1, -0.05) is 12.1 Å². The van der Waals surface area contributed by atoms with E-state index in [1.807, 2.05) is 24.3 Å². The number of benzene rings is 1. The number of methoxy groups -OCH3 is 1. The quantitative estimate of drug-likeness (QED) is 0.850. The molecule has 5 nitrogen and oxygen atoms in total. The number of amides is 1. The summed E-state index contributed by atoms with van der Waals surface area (Å²) in [6.07, 6.45) is 4.44. The maximum atomic E-state index is 12.9. The molecule has 2 atom stereocenters. The van der Waals surface area contributed by atoms with E-state index < -0.39 is 0 Å². The van der Waals surface area contributed by atoms with E-state index in [0.717, 1.165) is 32.4 Å². The first-order chi connectivity index (χ1) is 11.6. The van der Waals surface area contributed by atoms with Gasteiger partial charge >= 0.3 is 0 Å². The number of likely N-dealkylation sites (tertiary alicyclic amines) is 2. The lowest BCUT2D eigenvalue weighted by molar-refractivity contribution is -0.148. The molecular weight excluding hydrogens is 304 g/mol. The van der Waals surface area contributed by atoms with Gasteiger partial charge in [0.25, 0.3) is 5.91 Å². The molecule has 0 aromatic heterocycles. The number of para-hydroxylation sites is 2. The first-order valence-corrected chi connectivity index (χ1v) is 8.83. The first-order valence-electron chi connectivity index (χ1n) is 8.83. The Morgan fingerprint density at radius 1 is 1.25 bits per heavy atom. The van der Waals surface area contributed by atoms with Crippen molar-refractivity contribution in [2.45, 2.75) is 44.2 Å². The standard InChI is InChI=1S/C19H28N2O3/c1-19-11-7-12-20(2)17(19)10-6-13-21(19)18(22)14-24-16-9-5-4-8-15(16)23-3/h4-5,8-9,17H,6-7,10-14H2,1-3H3/t17-,19-/m0/s1. The van der Waals surface area contributed by atoms with Gasteiger partial charge in [0.05, 0.1) is 12.6 Å². The Balaban J connectivity index is 1.70. The summed E-state index contributed by atoms with van der Waals surface area (Å²) in [5.74, 6) is 1.35. The van der Waals surface area contributed by atoms with Crippen LogP contribution in [0.3, 0.4) is 0 Å². The average molecular weight is 332 g/mol. The van der Waals surface area contributed by atoms with Gasteiger partial charge in [-0.15, -0.1) is 0 Å². The van der Waals surface area contributed by atoms with Gasteiger partial charge in [-0.25, -0.2) is 0 Å². The number of hydrogen-bond acceptors (Lipinski definition) is 4. The minimum absolute atomic E-state index is 0.0619. The normalized spacial score (nSPS) is 27.5. The summed E-state index contributed by atoms with van der Waals surface area (Å²) in [5, 5.41) is 0. The number of piperidine rings is 2. The molecule has 3 rings (SSSR count). The van der Waals surface area contributed by atoms with Crippen LogP contribution in [0.2, 0.25) is 0 Å². The number of likely N-dealkylation sites (N-methyl/N-ethyl adjacent to an activating group) is 1. The van der Waals surface area contributed by atoms with Crippen molar-refractivity contribution in [1.82, 2.24) is 9.80 Å². The molecule has 0 radical (unpaired) electrons. The van der Waals surface area contributed by atoms with Crippen molar-refractivity contribution in [2.75, 3.05) is 33.9 Å². The van der Waals surface area contributed by atoms with E-state index in [-0.39, 0.29) is 18.1 Å². The number of rotatable bonds is 4. The predicted molar refractivity (Wildman–Crippen MR) is 93.5 cm³/mol. The molecule has 0 bridgehead atoms. The molecule has 2 heterocycles. The minimum Gasteiger partial charge on any atom is -0.493 e. The highest BCUT2D eigenvalue weighted by Gasteiger charge is 2.47.